The summed E-state index contributed by atoms with van der Waals surface area (Å²) in [4.78, 5) is 13.3. The third-order valence-electron chi connectivity index (χ3n) is 4.12. The van der Waals surface area contributed by atoms with Crippen molar-refractivity contribution in [2.24, 2.45) is 5.92 Å². The van der Waals surface area contributed by atoms with Crippen molar-refractivity contribution in [3.63, 3.8) is 0 Å². The SMILES string of the molecule is CNC(=O)N1CCC(Cc2cc(C)ccc2S(=O)(=O)O)CC1. The quantitative estimate of drug-likeness (QED) is 0.830. The average molecular weight is 326 g/mol. The van der Waals surface area contributed by atoms with Gasteiger partial charge in [-0.3, -0.25) is 4.55 Å². The number of nitrogens with one attached hydrogen (secondary N) is 1. The van der Waals surface area contributed by atoms with Gasteiger partial charge in [-0.1, -0.05) is 17.7 Å². The molecule has 2 rings (SSSR count). The summed E-state index contributed by atoms with van der Waals surface area (Å²) < 4.78 is 32.3. The fourth-order valence-corrected chi connectivity index (χ4v) is 3.64. The number of hydrogen-bond acceptors (Lipinski definition) is 3. The highest BCUT2D eigenvalue weighted by molar-refractivity contribution is 7.85. The Morgan fingerprint density at radius 1 is 1.36 bits per heavy atom. The average Bonchev–Trinajstić information content (AvgIpc) is 2.46. The molecule has 0 saturated carbocycles. The number of likely N-dealkylation sites (tertiary alicyclic amines) is 1. The Balaban J connectivity index is 2.09. The Morgan fingerprint density at radius 2 is 2.00 bits per heavy atom. The van der Waals surface area contributed by atoms with Crippen LogP contribution in [0, 0.1) is 12.8 Å². The summed E-state index contributed by atoms with van der Waals surface area (Å²) in [6.07, 6.45) is 2.25. The van der Waals surface area contributed by atoms with Crippen LogP contribution in [0.3, 0.4) is 0 Å². The number of nitrogens with zero attached hydrogens (tertiary/aromatic N) is 1. The molecule has 0 radical (unpaired) electrons. The first-order chi connectivity index (χ1) is 10.3. The van der Waals surface area contributed by atoms with E-state index in [-0.39, 0.29) is 10.9 Å². The lowest BCUT2D eigenvalue weighted by atomic mass is 9.90. The van der Waals surface area contributed by atoms with Crippen molar-refractivity contribution in [2.45, 2.75) is 31.1 Å². The van der Waals surface area contributed by atoms with Crippen LogP contribution in [0.15, 0.2) is 23.1 Å². The third-order valence-corrected chi connectivity index (χ3v) is 5.07. The van der Waals surface area contributed by atoms with Crippen molar-refractivity contribution in [3.05, 3.63) is 29.3 Å². The summed E-state index contributed by atoms with van der Waals surface area (Å²) in [5, 5.41) is 2.61. The molecule has 1 fully saturated rings. The molecular weight excluding hydrogens is 304 g/mol. The number of aryl methyl sites for hydroxylation is 1. The topological polar surface area (TPSA) is 86.7 Å². The highest BCUT2D eigenvalue weighted by Crippen LogP contribution is 2.26. The zero-order valence-electron chi connectivity index (χ0n) is 12.9. The van der Waals surface area contributed by atoms with Crippen LogP contribution in [0.4, 0.5) is 4.79 Å². The van der Waals surface area contributed by atoms with Gasteiger partial charge < -0.3 is 10.2 Å². The van der Waals surface area contributed by atoms with E-state index < -0.39 is 10.1 Å². The third kappa shape index (κ3) is 3.98. The molecule has 0 unspecified atom stereocenters. The molecule has 0 aromatic heterocycles. The van der Waals surface area contributed by atoms with Crippen molar-refractivity contribution in [1.29, 1.82) is 0 Å². The van der Waals surface area contributed by atoms with E-state index in [1.54, 1.807) is 18.0 Å². The van der Waals surface area contributed by atoms with Gasteiger partial charge in [0.1, 0.15) is 0 Å². The summed E-state index contributed by atoms with van der Waals surface area (Å²) in [7, 11) is -2.59. The zero-order valence-corrected chi connectivity index (χ0v) is 13.7. The Morgan fingerprint density at radius 3 is 2.55 bits per heavy atom. The largest absolute Gasteiger partial charge is 0.341 e. The van der Waals surface area contributed by atoms with Gasteiger partial charge in [0, 0.05) is 20.1 Å². The van der Waals surface area contributed by atoms with E-state index >= 15 is 0 Å². The first-order valence-electron chi connectivity index (χ1n) is 7.35. The molecule has 6 nitrogen and oxygen atoms in total. The van der Waals surface area contributed by atoms with E-state index in [0.717, 1.165) is 18.4 Å². The standard InChI is InChI=1S/C15H22N2O4S/c1-11-3-4-14(22(19,20)21)13(9-11)10-12-5-7-17(8-6-12)15(18)16-2/h3-4,9,12H,5-8,10H2,1-2H3,(H,16,18)(H,19,20,21). The minimum absolute atomic E-state index is 0.00756. The van der Waals surface area contributed by atoms with E-state index in [0.29, 0.717) is 31.0 Å². The van der Waals surface area contributed by atoms with Gasteiger partial charge in [0.05, 0.1) is 4.90 Å². The first kappa shape index (κ1) is 16.8. The number of rotatable bonds is 3. The van der Waals surface area contributed by atoms with Crippen LogP contribution in [0.2, 0.25) is 0 Å². The van der Waals surface area contributed by atoms with Gasteiger partial charge in [-0.25, -0.2) is 4.79 Å². The summed E-state index contributed by atoms with van der Waals surface area (Å²) in [5.74, 6) is 0.309. The lowest BCUT2D eigenvalue weighted by Crippen LogP contribution is -2.43. The second kappa shape index (κ2) is 6.66. The minimum Gasteiger partial charge on any atom is -0.341 e. The molecule has 22 heavy (non-hydrogen) atoms. The van der Waals surface area contributed by atoms with Gasteiger partial charge in [-0.2, -0.15) is 8.42 Å². The van der Waals surface area contributed by atoms with Crippen molar-refractivity contribution in [1.82, 2.24) is 10.2 Å². The van der Waals surface area contributed by atoms with Crippen LogP contribution in [-0.2, 0) is 16.5 Å². The predicted octanol–water partition coefficient (Wildman–Crippen LogP) is 1.84. The van der Waals surface area contributed by atoms with Gasteiger partial charge in [0.25, 0.3) is 10.1 Å². The second-order valence-corrected chi connectivity index (χ2v) is 7.17. The predicted molar refractivity (Wildman–Crippen MR) is 83.5 cm³/mol. The Hall–Kier alpha value is -1.60. The van der Waals surface area contributed by atoms with Crippen molar-refractivity contribution < 1.29 is 17.8 Å². The molecule has 1 aromatic rings. The molecule has 0 spiro atoms. The lowest BCUT2D eigenvalue weighted by molar-refractivity contribution is 0.172. The number of piperidine rings is 1. The summed E-state index contributed by atoms with van der Waals surface area (Å²) >= 11 is 0. The molecule has 122 valence electrons. The van der Waals surface area contributed by atoms with Crippen LogP contribution in [0.25, 0.3) is 0 Å². The monoisotopic (exact) mass is 326 g/mol. The van der Waals surface area contributed by atoms with Crippen LogP contribution in [0.1, 0.15) is 24.0 Å². The van der Waals surface area contributed by atoms with Crippen molar-refractivity contribution >= 4 is 16.1 Å². The van der Waals surface area contributed by atoms with E-state index in [4.69, 9.17) is 0 Å². The second-order valence-electron chi connectivity index (χ2n) is 5.78. The van der Waals surface area contributed by atoms with Gasteiger partial charge >= 0.3 is 6.03 Å². The Labute approximate surface area is 131 Å². The Kier molecular flexibility index (Phi) is 5.08. The zero-order chi connectivity index (χ0) is 16.3. The number of urea groups is 1. The van der Waals surface area contributed by atoms with Crippen LogP contribution < -0.4 is 5.32 Å². The fraction of sp³-hybridized carbons (Fsp3) is 0.533. The van der Waals surface area contributed by atoms with Gasteiger partial charge in [0.15, 0.2) is 0 Å². The maximum absolute atomic E-state index is 11.6. The van der Waals surface area contributed by atoms with E-state index in [2.05, 4.69) is 5.32 Å². The molecule has 0 bridgehead atoms. The number of benzene rings is 1. The molecule has 1 aliphatic heterocycles. The first-order valence-corrected chi connectivity index (χ1v) is 8.79. The van der Waals surface area contributed by atoms with Gasteiger partial charge in [-0.15, -0.1) is 0 Å². The molecule has 1 aliphatic rings. The Bertz CT molecular complexity index is 650. The molecule has 1 saturated heterocycles. The summed E-state index contributed by atoms with van der Waals surface area (Å²) in [5.41, 5.74) is 1.62. The molecule has 0 atom stereocenters. The van der Waals surface area contributed by atoms with Crippen LogP contribution in [-0.4, -0.2) is 44.0 Å². The van der Waals surface area contributed by atoms with Crippen LogP contribution in [0.5, 0.6) is 0 Å². The van der Waals surface area contributed by atoms with E-state index in [1.165, 1.54) is 6.07 Å². The molecule has 7 heteroatoms. The number of amides is 2. The smallest absolute Gasteiger partial charge is 0.317 e. The molecule has 2 N–H and O–H groups in total. The maximum Gasteiger partial charge on any atom is 0.317 e. The lowest BCUT2D eigenvalue weighted by Gasteiger charge is -2.32. The highest BCUT2D eigenvalue weighted by Gasteiger charge is 2.24. The van der Waals surface area contributed by atoms with E-state index in [9.17, 15) is 17.8 Å². The van der Waals surface area contributed by atoms with Gasteiger partial charge in [0.2, 0.25) is 0 Å². The normalized spacial score (nSPS) is 16.6. The summed E-state index contributed by atoms with van der Waals surface area (Å²) in [6.45, 7) is 3.22. The van der Waals surface area contributed by atoms with Crippen molar-refractivity contribution in [3.8, 4) is 0 Å². The highest BCUT2D eigenvalue weighted by atomic mass is 32.2. The van der Waals surface area contributed by atoms with Gasteiger partial charge in [-0.05, 0) is 43.7 Å². The molecular formula is C15H22N2O4S. The van der Waals surface area contributed by atoms with Crippen LogP contribution >= 0.6 is 0 Å². The molecule has 1 heterocycles. The number of hydrogen-bond donors (Lipinski definition) is 2. The fourth-order valence-electron chi connectivity index (χ4n) is 2.93. The van der Waals surface area contributed by atoms with E-state index in [1.807, 2.05) is 13.0 Å². The maximum atomic E-state index is 11.6. The number of carbonyl (C=O) groups is 1. The minimum atomic E-state index is -4.20. The molecule has 0 aliphatic carbocycles. The molecule has 1 aromatic carbocycles. The molecule has 2 amide bonds. The van der Waals surface area contributed by atoms with Crippen molar-refractivity contribution in [2.75, 3.05) is 20.1 Å². The number of carbonyl (C=O) groups excluding carboxylic acids is 1. The summed E-state index contributed by atoms with van der Waals surface area (Å²) in [6, 6.07) is 4.88.